The van der Waals surface area contributed by atoms with Crippen LogP contribution in [0.5, 0.6) is 0 Å². The molecule has 1 fully saturated rings. The summed E-state index contributed by atoms with van der Waals surface area (Å²) in [6.45, 7) is 8.50. The summed E-state index contributed by atoms with van der Waals surface area (Å²) in [6.07, 6.45) is 1.85. The molecule has 1 saturated heterocycles. The lowest BCUT2D eigenvalue weighted by Gasteiger charge is -2.27. The number of aliphatic hydroxyl groups excluding tert-OH is 1. The first-order valence-corrected chi connectivity index (χ1v) is 5.30. The van der Waals surface area contributed by atoms with Gasteiger partial charge in [-0.25, -0.2) is 0 Å². The molecule has 1 unspecified atom stereocenters. The minimum Gasteiger partial charge on any atom is -0.396 e. The average Bonchev–Trinajstić information content (AvgIpc) is 2.52. The Morgan fingerprint density at radius 2 is 2.14 bits per heavy atom. The summed E-state index contributed by atoms with van der Waals surface area (Å²) in [6, 6.07) is 0. The third-order valence-electron chi connectivity index (χ3n) is 2.69. The molecule has 14 heavy (non-hydrogen) atoms. The molecule has 0 aliphatic carbocycles. The Labute approximate surface area is 86.4 Å². The zero-order chi connectivity index (χ0) is 10.7. The van der Waals surface area contributed by atoms with Crippen LogP contribution in [-0.2, 0) is 9.47 Å². The monoisotopic (exact) mass is 202 g/mol. The summed E-state index contributed by atoms with van der Waals surface area (Å²) < 4.78 is 11.0. The van der Waals surface area contributed by atoms with Crippen LogP contribution in [0.1, 0.15) is 33.6 Å². The Kier molecular flexibility index (Phi) is 3.93. The van der Waals surface area contributed by atoms with Crippen molar-refractivity contribution in [3.05, 3.63) is 0 Å². The van der Waals surface area contributed by atoms with Gasteiger partial charge >= 0.3 is 0 Å². The lowest BCUT2D eigenvalue weighted by Crippen LogP contribution is -2.30. The molecule has 0 aromatic rings. The summed E-state index contributed by atoms with van der Waals surface area (Å²) in [5, 5.41) is 9.31. The van der Waals surface area contributed by atoms with Crippen molar-refractivity contribution in [1.29, 1.82) is 0 Å². The summed E-state index contributed by atoms with van der Waals surface area (Å²) in [4.78, 5) is 0. The van der Waals surface area contributed by atoms with Gasteiger partial charge in [-0.2, -0.15) is 0 Å². The van der Waals surface area contributed by atoms with Gasteiger partial charge in [0.25, 0.3) is 0 Å². The van der Waals surface area contributed by atoms with Crippen LogP contribution in [-0.4, -0.2) is 37.1 Å². The molecular weight excluding hydrogens is 180 g/mol. The maximum Gasteiger partial charge on any atom is 0.0598 e. The molecule has 1 heterocycles. The number of rotatable bonds is 4. The molecule has 0 spiro atoms. The molecule has 84 valence electrons. The normalized spacial score (nSPS) is 28.3. The summed E-state index contributed by atoms with van der Waals surface area (Å²) in [5.41, 5.74) is -0.124. The predicted octanol–water partition coefficient (Wildman–Crippen LogP) is 1.59. The van der Waals surface area contributed by atoms with Gasteiger partial charge < -0.3 is 14.6 Å². The average molecular weight is 202 g/mol. The highest BCUT2D eigenvalue weighted by atomic mass is 16.5. The highest BCUT2D eigenvalue weighted by Crippen LogP contribution is 2.32. The van der Waals surface area contributed by atoms with Gasteiger partial charge in [0, 0.05) is 18.6 Å². The Balaban J connectivity index is 2.28. The molecule has 1 N–H and O–H groups in total. The van der Waals surface area contributed by atoms with Gasteiger partial charge in [0.1, 0.15) is 0 Å². The van der Waals surface area contributed by atoms with E-state index in [9.17, 15) is 5.11 Å². The Morgan fingerprint density at radius 1 is 1.43 bits per heavy atom. The third kappa shape index (κ3) is 3.56. The zero-order valence-corrected chi connectivity index (χ0v) is 9.51. The molecule has 1 rings (SSSR count). The van der Waals surface area contributed by atoms with E-state index >= 15 is 0 Å². The SMILES string of the molecule is CC(C)(C)OCCC1(CO)CCOC1. The predicted molar refractivity (Wildman–Crippen MR) is 55.3 cm³/mol. The van der Waals surface area contributed by atoms with Gasteiger partial charge in [-0.3, -0.25) is 0 Å². The van der Waals surface area contributed by atoms with Gasteiger partial charge in [-0.15, -0.1) is 0 Å². The maximum atomic E-state index is 9.31. The summed E-state index contributed by atoms with van der Waals surface area (Å²) >= 11 is 0. The van der Waals surface area contributed by atoms with E-state index in [4.69, 9.17) is 9.47 Å². The molecule has 0 aromatic heterocycles. The quantitative estimate of drug-likeness (QED) is 0.752. The largest absolute Gasteiger partial charge is 0.396 e. The molecule has 3 nitrogen and oxygen atoms in total. The van der Waals surface area contributed by atoms with E-state index in [1.165, 1.54) is 0 Å². The van der Waals surface area contributed by atoms with Crippen LogP contribution in [0, 0.1) is 5.41 Å². The summed E-state index contributed by atoms with van der Waals surface area (Å²) in [7, 11) is 0. The highest BCUT2D eigenvalue weighted by Gasteiger charge is 2.34. The number of aliphatic hydroxyl groups is 1. The fourth-order valence-electron chi connectivity index (χ4n) is 1.62. The van der Waals surface area contributed by atoms with Crippen LogP contribution < -0.4 is 0 Å². The molecule has 0 radical (unpaired) electrons. The zero-order valence-electron chi connectivity index (χ0n) is 9.51. The fourth-order valence-corrected chi connectivity index (χ4v) is 1.62. The minimum atomic E-state index is -0.0872. The van der Waals surface area contributed by atoms with Gasteiger partial charge in [-0.05, 0) is 33.6 Å². The van der Waals surface area contributed by atoms with Gasteiger partial charge in [0.15, 0.2) is 0 Å². The smallest absolute Gasteiger partial charge is 0.0598 e. The fraction of sp³-hybridized carbons (Fsp3) is 1.00. The lowest BCUT2D eigenvalue weighted by atomic mass is 9.85. The first-order chi connectivity index (χ1) is 6.47. The molecule has 0 saturated carbocycles. The van der Waals surface area contributed by atoms with Crippen molar-refractivity contribution in [1.82, 2.24) is 0 Å². The Bertz CT molecular complexity index is 166. The molecule has 1 atom stereocenters. The van der Waals surface area contributed by atoms with Crippen LogP contribution in [0.2, 0.25) is 0 Å². The van der Waals surface area contributed by atoms with E-state index in [0.29, 0.717) is 13.2 Å². The van der Waals surface area contributed by atoms with E-state index in [1.807, 2.05) is 20.8 Å². The standard InChI is InChI=1S/C11H22O3/c1-10(2,3)14-7-5-11(8-12)4-6-13-9-11/h12H,4-9H2,1-3H3. The first-order valence-electron chi connectivity index (χ1n) is 5.30. The van der Waals surface area contributed by atoms with Crippen molar-refractivity contribution < 1.29 is 14.6 Å². The Morgan fingerprint density at radius 3 is 2.57 bits per heavy atom. The highest BCUT2D eigenvalue weighted by molar-refractivity contribution is 4.82. The number of hydrogen-bond donors (Lipinski definition) is 1. The van der Waals surface area contributed by atoms with Crippen LogP contribution in [0.25, 0.3) is 0 Å². The minimum absolute atomic E-state index is 0.0365. The van der Waals surface area contributed by atoms with Crippen LogP contribution >= 0.6 is 0 Å². The summed E-state index contributed by atoms with van der Waals surface area (Å²) in [5.74, 6) is 0. The first kappa shape index (κ1) is 12.0. The van der Waals surface area contributed by atoms with Crippen molar-refractivity contribution in [2.24, 2.45) is 5.41 Å². The molecule has 1 aliphatic heterocycles. The molecule has 0 amide bonds. The van der Waals surface area contributed by atoms with Gasteiger partial charge in [0.2, 0.25) is 0 Å². The van der Waals surface area contributed by atoms with Crippen LogP contribution in [0.15, 0.2) is 0 Å². The van der Waals surface area contributed by atoms with E-state index < -0.39 is 0 Å². The van der Waals surface area contributed by atoms with E-state index in [-0.39, 0.29) is 17.6 Å². The van der Waals surface area contributed by atoms with Gasteiger partial charge in [0.05, 0.1) is 18.8 Å². The molecular formula is C11H22O3. The maximum absolute atomic E-state index is 9.31. The van der Waals surface area contributed by atoms with Crippen LogP contribution in [0.4, 0.5) is 0 Å². The van der Waals surface area contributed by atoms with Crippen molar-refractivity contribution in [2.75, 3.05) is 26.4 Å². The van der Waals surface area contributed by atoms with Crippen molar-refractivity contribution in [2.45, 2.75) is 39.2 Å². The Hall–Kier alpha value is -0.120. The van der Waals surface area contributed by atoms with Crippen molar-refractivity contribution in [3.63, 3.8) is 0 Å². The molecule has 1 aliphatic rings. The lowest BCUT2D eigenvalue weighted by molar-refractivity contribution is -0.0282. The second-order valence-electron chi connectivity index (χ2n) is 5.17. The second kappa shape index (κ2) is 4.60. The molecule has 0 aromatic carbocycles. The van der Waals surface area contributed by atoms with E-state index in [0.717, 1.165) is 19.4 Å². The third-order valence-corrected chi connectivity index (χ3v) is 2.69. The molecule has 0 bridgehead atoms. The van der Waals surface area contributed by atoms with E-state index in [2.05, 4.69) is 0 Å². The van der Waals surface area contributed by atoms with Crippen LogP contribution in [0.3, 0.4) is 0 Å². The second-order valence-corrected chi connectivity index (χ2v) is 5.17. The molecule has 3 heteroatoms. The number of hydrogen-bond acceptors (Lipinski definition) is 3. The van der Waals surface area contributed by atoms with Crippen molar-refractivity contribution >= 4 is 0 Å². The van der Waals surface area contributed by atoms with Crippen molar-refractivity contribution in [3.8, 4) is 0 Å². The number of ether oxygens (including phenoxy) is 2. The topological polar surface area (TPSA) is 38.7 Å². The van der Waals surface area contributed by atoms with E-state index in [1.54, 1.807) is 0 Å². The van der Waals surface area contributed by atoms with Gasteiger partial charge in [-0.1, -0.05) is 0 Å².